The molecule has 0 saturated carbocycles. The number of aliphatic carboxylic acids is 1. The van der Waals surface area contributed by atoms with E-state index in [0.717, 1.165) is 23.9 Å². The van der Waals surface area contributed by atoms with E-state index in [9.17, 15) is 13.6 Å². The number of hydrogen-bond donors (Lipinski definition) is 1. The van der Waals surface area contributed by atoms with Gasteiger partial charge in [0, 0.05) is 11.6 Å². The van der Waals surface area contributed by atoms with Crippen molar-refractivity contribution < 1.29 is 18.7 Å². The third-order valence-electron chi connectivity index (χ3n) is 2.26. The van der Waals surface area contributed by atoms with Crippen molar-refractivity contribution >= 4 is 17.7 Å². The minimum Gasteiger partial charge on any atom is -0.481 e. The number of thioether (sulfide) groups is 1. The van der Waals surface area contributed by atoms with Crippen molar-refractivity contribution in [3.8, 4) is 0 Å². The molecule has 0 aliphatic carbocycles. The van der Waals surface area contributed by atoms with E-state index in [1.54, 1.807) is 0 Å². The molecular formula is C11H9F2N3O2S. The second kappa shape index (κ2) is 5.79. The van der Waals surface area contributed by atoms with E-state index in [1.807, 2.05) is 0 Å². The molecule has 1 aromatic heterocycles. The summed E-state index contributed by atoms with van der Waals surface area (Å²) in [4.78, 5) is 10.5. The predicted octanol–water partition coefficient (Wildman–Crippen LogP) is 1.78. The first kappa shape index (κ1) is 13.5. The molecule has 2 aromatic rings. The van der Waals surface area contributed by atoms with Crippen LogP contribution in [0.5, 0.6) is 0 Å². The zero-order valence-corrected chi connectivity index (χ0v) is 10.4. The van der Waals surface area contributed by atoms with Crippen LogP contribution in [0.4, 0.5) is 8.78 Å². The Bertz CT molecular complexity index is 603. The summed E-state index contributed by atoms with van der Waals surface area (Å²) in [6.45, 7) is 0.112. The summed E-state index contributed by atoms with van der Waals surface area (Å²) in [5.41, 5.74) is 0.276. The fraction of sp³-hybridized carbons (Fsp3) is 0.182. The van der Waals surface area contributed by atoms with Crippen LogP contribution in [-0.4, -0.2) is 31.6 Å². The first-order valence-electron chi connectivity index (χ1n) is 5.22. The summed E-state index contributed by atoms with van der Waals surface area (Å²) in [5.74, 6) is -2.45. The molecule has 1 N–H and O–H groups in total. The lowest BCUT2D eigenvalue weighted by Gasteiger charge is -2.06. The van der Waals surface area contributed by atoms with Gasteiger partial charge in [-0.3, -0.25) is 4.79 Å². The summed E-state index contributed by atoms with van der Waals surface area (Å²) in [6.07, 6.45) is 1.37. The van der Waals surface area contributed by atoms with Crippen molar-refractivity contribution in [1.82, 2.24) is 14.8 Å². The number of rotatable bonds is 5. The summed E-state index contributed by atoms with van der Waals surface area (Å²) in [7, 11) is 0. The number of hydrogen-bond acceptors (Lipinski definition) is 4. The molecule has 0 atom stereocenters. The Kier molecular flexibility index (Phi) is 4.10. The monoisotopic (exact) mass is 285 g/mol. The van der Waals surface area contributed by atoms with Gasteiger partial charge in [-0.15, -0.1) is 10.2 Å². The molecule has 0 aliphatic heterocycles. The maximum absolute atomic E-state index is 13.5. The first-order chi connectivity index (χ1) is 9.06. The van der Waals surface area contributed by atoms with Crippen LogP contribution in [-0.2, 0) is 11.3 Å². The highest BCUT2D eigenvalue weighted by atomic mass is 32.2. The van der Waals surface area contributed by atoms with Gasteiger partial charge < -0.3 is 9.67 Å². The van der Waals surface area contributed by atoms with Crippen LogP contribution in [0.15, 0.2) is 29.7 Å². The molecule has 0 bridgehead atoms. The summed E-state index contributed by atoms with van der Waals surface area (Å²) >= 11 is 0.983. The maximum Gasteiger partial charge on any atom is 0.313 e. The smallest absolute Gasteiger partial charge is 0.313 e. The van der Waals surface area contributed by atoms with Crippen molar-refractivity contribution in [2.45, 2.75) is 11.7 Å². The van der Waals surface area contributed by atoms with Crippen molar-refractivity contribution in [2.24, 2.45) is 0 Å². The fourth-order valence-electron chi connectivity index (χ4n) is 1.42. The minimum atomic E-state index is -0.979. The van der Waals surface area contributed by atoms with Crippen LogP contribution in [0.2, 0.25) is 0 Å². The Hall–Kier alpha value is -1.96. The van der Waals surface area contributed by atoms with Crippen molar-refractivity contribution in [2.75, 3.05) is 5.75 Å². The Morgan fingerprint density at radius 3 is 2.89 bits per heavy atom. The SMILES string of the molecule is O=C(O)CSc1nncn1Cc1ccc(F)cc1F. The molecule has 5 nitrogen and oxygen atoms in total. The number of nitrogens with zero attached hydrogens (tertiary/aromatic N) is 3. The third kappa shape index (κ3) is 3.50. The van der Waals surface area contributed by atoms with E-state index in [0.29, 0.717) is 5.16 Å². The van der Waals surface area contributed by atoms with Crippen LogP contribution in [0.3, 0.4) is 0 Å². The van der Waals surface area contributed by atoms with E-state index < -0.39 is 17.6 Å². The molecule has 8 heteroatoms. The van der Waals surface area contributed by atoms with E-state index in [4.69, 9.17) is 5.11 Å². The standard InChI is InChI=1S/C11H9F2N3O2S/c12-8-2-1-7(9(13)3-8)4-16-6-14-15-11(16)19-5-10(17)18/h1-3,6H,4-5H2,(H,17,18). The van der Waals surface area contributed by atoms with Gasteiger partial charge in [0.05, 0.1) is 12.3 Å². The number of halogens is 2. The predicted molar refractivity (Wildman–Crippen MR) is 63.8 cm³/mol. The lowest BCUT2D eigenvalue weighted by atomic mass is 10.2. The Balaban J connectivity index is 2.14. The fourth-order valence-corrected chi connectivity index (χ4v) is 2.06. The quantitative estimate of drug-likeness (QED) is 0.848. The molecule has 0 unspecified atom stereocenters. The van der Waals surface area contributed by atoms with Gasteiger partial charge in [-0.05, 0) is 6.07 Å². The Morgan fingerprint density at radius 1 is 1.42 bits per heavy atom. The zero-order chi connectivity index (χ0) is 13.8. The molecule has 100 valence electrons. The highest BCUT2D eigenvalue weighted by Crippen LogP contribution is 2.17. The van der Waals surface area contributed by atoms with Gasteiger partial charge in [0.15, 0.2) is 5.16 Å². The van der Waals surface area contributed by atoms with Crippen LogP contribution in [0, 0.1) is 11.6 Å². The summed E-state index contributed by atoms with van der Waals surface area (Å²) < 4.78 is 27.8. The van der Waals surface area contributed by atoms with Gasteiger partial charge >= 0.3 is 5.97 Å². The number of carboxylic acids is 1. The molecule has 19 heavy (non-hydrogen) atoms. The van der Waals surface area contributed by atoms with Gasteiger partial charge in [-0.25, -0.2) is 8.78 Å². The highest BCUT2D eigenvalue weighted by Gasteiger charge is 2.10. The molecule has 0 fully saturated rings. The summed E-state index contributed by atoms with van der Waals surface area (Å²) in [6, 6.07) is 3.28. The molecule has 2 rings (SSSR count). The number of carbonyl (C=O) groups is 1. The molecule has 0 spiro atoms. The first-order valence-corrected chi connectivity index (χ1v) is 6.21. The number of carboxylic acid groups (broad SMARTS) is 1. The molecular weight excluding hydrogens is 276 g/mol. The van der Waals surface area contributed by atoms with Crippen LogP contribution in [0.1, 0.15) is 5.56 Å². The van der Waals surface area contributed by atoms with Gasteiger partial charge in [0.25, 0.3) is 0 Å². The zero-order valence-electron chi connectivity index (χ0n) is 9.58. The van der Waals surface area contributed by atoms with Crippen molar-refractivity contribution in [3.63, 3.8) is 0 Å². The molecule has 0 saturated heterocycles. The number of benzene rings is 1. The van der Waals surface area contributed by atoms with E-state index in [1.165, 1.54) is 17.0 Å². The van der Waals surface area contributed by atoms with Gasteiger partial charge in [0.1, 0.15) is 18.0 Å². The van der Waals surface area contributed by atoms with E-state index in [2.05, 4.69) is 10.2 Å². The van der Waals surface area contributed by atoms with Gasteiger partial charge in [0.2, 0.25) is 0 Å². The van der Waals surface area contributed by atoms with Crippen LogP contribution >= 0.6 is 11.8 Å². The molecule has 1 heterocycles. The Labute approximate surface area is 111 Å². The summed E-state index contributed by atoms with van der Waals surface area (Å²) in [5, 5.41) is 16.3. The topological polar surface area (TPSA) is 68.0 Å². The van der Waals surface area contributed by atoms with Gasteiger partial charge in [-0.1, -0.05) is 17.8 Å². The lowest BCUT2D eigenvalue weighted by molar-refractivity contribution is -0.133. The second-order valence-corrected chi connectivity index (χ2v) is 4.60. The molecule has 0 aliphatic rings. The van der Waals surface area contributed by atoms with E-state index >= 15 is 0 Å². The molecule has 1 aromatic carbocycles. The van der Waals surface area contributed by atoms with Crippen molar-refractivity contribution in [1.29, 1.82) is 0 Å². The second-order valence-electron chi connectivity index (χ2n) is 3.66. The molecule has 0 amide bonds. The minimum absolute atomic E-state index is 0.112. The lowest BCUT2D eigenvalue weighted by Crippen LogP contribution is -2.05. The van der Waals surface area contributed by atoms with Crippen molar-refractivity contribution in [3.05, 3.63) is 41.7 Å². The van der Waals surface area contributed by atoms with Gasteiger partial charge in [-0.2, -0.15) is 0 Å². The molecule has 0 radical (unpaired) electrons. The maximum atomic E-state index is 13.5. The average Bonchev–Trinajstić information content (AvgIpc) is 2.77. The Morgan fingerprint density at radius 2 is 2.21 bits per heavy atom. The van der Waals surface area contributed by atoms with Crippen LogP contribution < -0.4 is 0 Å². The third-order valence-corrected chi connectivity index (χ3v) is 3.23. The van der Waals surface area contributed by atoms with Crippen LogP contribution in [0.25, 0.3) is 0 Å². The highest BCUT2D eigenvalue weighted by molar-refractivity contribution is 7.99. The average molecular weight is 285 g/mol. The van der Waals surface area contributed by atoms with E-state index in [-0.39, 0.29) is 17.9 Å². The number of aromatic nitrogens is 3. The largest absolute Gasteiger partial charge is 0.481 e. The normalized spacial score (nSPS) is 10.6.